The van der Waals surface area contributed by atoms with Crippen LogP contribution in [0, 0.1) is 0 Å². The van der Waals surface area contributed by atoms with Gasteiger partial charge in [0.15, 0.2) is 0 Å². The minimum Gasteiger partial charge on any atom is -0.371 e. The Balaban J connectivity index is 1.57. The Bertz CT molecular complexity index is 556. The number of aromatic nitrogens is 1. The predicted molar refractivity (Wildman–Crippen MR) is 85.4 cm³/mol. The molecule has 2 atom stereocenters. The molecule has 0 radical (unpaired) electrons. The highest BCUT2D eigenvalue weighted by Crippen LogP contribution is 2.19. The average Bonchev–Trinajstić information content (AvgIpc) is 2.54. The van der Waals surface area contributed by atoms with Gasteiger partial charge in [-0.05, 0) is 24.6 Å². The summed E-state index contributed by atoms with van der Waals surface area (Å²) in [5, 5.41) is 6.70. The van der Waals surface area contributed by atoms with E-state index in [0.29, 0.717) is 0 Å². The molecule has 3 rings (SSSR count). The Morgan fingerprint density at radius 3 is 2.71 bits per heavy atom. The second-order valence-corrected chi connectivity index (χ2v) is 5.41. The Morgan fingerprint density at radius 1 is 1.14 bits per heavy atom. The van der Waals surface area contributed by atoms with Gasteiger partial charge in [0, 0.05) is 31.4 Å². The van der Waals surface area contributed by atoms with E-state index in [1.807, 2.05) is 30.5 Å². The molecule has 1 fully saturated rings. The van der Waals surface area contributed by atoms with Crippen molar-refractivity contribution in [1.82, 2.24) is 10.3 Å². The van der Waals surface area contributed by atoms with Crippen LogP contribution in [0.3, 0.4) is 0 Å². The van der Waals surface area contributed by atoms with Crippen molar-refractivity contribution in [3.05, 3.63) is 48.7 Å². The fourth-order valence-electron chi connectivity index (χ4n) is 2.51. The Hall–Kier alpha value is -1.91. The van der Waals surface area contributed by atoms with Crippen molar-refractivity contribution in [2.45, 2.75) is 19.1 Å². The van der Waals surface area contributed by atoms with Gasteiger partial charge in [-0.2, -0.15) is 0 Å². The van der Waals surface area contributed by atoms with E-state index in [9.17, 15) is 0 Å². The molecule has 0 aliphatic carbocycles. The van der Waals surface area contributed by atoms with Gasteiger partial charge in [0.05, 0.1) is 12.2 Å². The third-order valence-electron chi connectivity index (χ3n) is 3.61. The van der Waals surface area contributed by atoms with E-state index < -0.39 is 0 Å². The fraction of sp³-hybridized carbons (Fsp3) is 0.353. The zero-order valence-electron chi connectivity index (χ0n) is 12.3. The van der Waals surface area contributed by atoms with E-state index in [0.717, 1.165) is 31.0 Å². The highest BCUT2D eigenvalue weighted by atomic mass is 16.5. The number of hydrogen-bond acceptors (Lipinski definition) is 4. The van der Waals surface area contributed by atoms with E-state index in [2.05, 4.69) is 40.7 Å². The van der Waals surface area contributed by atoms with Gasteiger partial charge in [-0.3, -0.25) is 0 Å². The Kier molecular flexibility index (Phi) is 4.48. The van der Waals surface area contributed by atoms with Gasteiger partial charge in [0.1, 0.15) is 5.82 Å². The molecule has 110 valence electrons. The largest absolute Gasteiger partial charge is 0.371 e. The lowest BCUT2D eigenvalue weighted by molar-refractivity contribution is -0.0196. The third-order valence-corrected chi connectivity index (χ3v) is 3.61. The molecule has 21 heavy (non-hydrogen) atoms. The molecule has 1 saturated heterocycles. The van der Waals surface area contributed by atoms with Gasteiger partial charge in [-0.1, -0.05) is 30.3 Å². The van der Waals surface area contributed by atoms with Crippen molar-refractivity contribution < 1.29 is 4.74 Å². The number of pyridine rings is 1. The number of ether oxygens (including phenoxy) is 1. The summed E-state index contributed by atoms with van der Waals surface area (Å²) in [5.74, 6) is 0.886. The molecule has 1 aliphatic heterocycles. The van der Waals surface area contributed by atoms with Crippen molar-refractivity contribution >= 4 is 5.82 Å². The second-order valence-electron chi connectivity index (χ2n) is 5.41. The monoisotopic (exact) mass is 283 g/mol. The maximum absolute atomic E-state index is 5.85. The van der Waals surface area contributed by atoms with Crippen LogP contribution in [-0.2, 0) is 4.74 Å². The number of hydrogen-bond donors (Lipinski definition) is 2. The maximum Gasteiger partial charge on any atom is 0.126 e. The highest BCUT2D eigenvalue weighted by molar-refractivity contribution is 5.63. The number of rotatable bonds is 4. The fourth-order valence-corrected chi connectivity index (χ4v) is 2.51. The third kappa shape index (κ3) is 3.80. The van der Waals surface area contributed by atoms with E-state index in [-0.39, 0.29) is 12.2 Å². The van der Waals surface area contributed by atoms with Crippen LogP contribution in [0.1, 0.15) is 6.92 Å². The number of nitrogens with one attached hydrogen (secondary N) is 2. The van der Waals surface area contributed by atoms with Crippen molar-refractivity contribution in [1.29, 1.82) is 0 Å². The highest BCUT2D eigenvalue weighted by Gasteiger charge is 2.18. The van der Waals surface area contributed by atoms with Gasteiger partial charge in [0.25, 0.3) is 0 Å². The topological polar surface area (TPSA) is 46.2 Å². The smallest absolute Gasteiger partial charge is 0.126 e. The van der Waals surface area contributed by atoms with Crippen molar-refractivity contribution in [3.8, 4) is 11.1 Å². The van der Waals surface area contributed by atoms with Gasteiger partial charge < -0.3 is 15.4 Å². The van der Waals surface area contributed by atoms with Crippen LogP contribution in [-0.4, -0.2) is 36.8 Å². The summed E-state index contributed by atoms with van der Waals surface area (Å²) >= 11 is 0. The van der Waals surface area contributed by atoms with Crippen LogP contribution >= 0.6 is 0 Å². The molecule has 0 amide bonds. The first-order chi connectivity index (χ1) is 10.3. The Labute approximate surface area is 125 Å². The maximum atomic E-state index is 5.85. The zero-order valence-corrected chi connectivity index (χ0v) is 12.3. The molecule has 0 spiro atoms. The predicted octanol–water partition coefficient (Wildman–Crippen LogP) is 2.54. The SMILES string of the molecule is C[C@@H]1CNC[C@@H](CNc2ccc(-c3ccccc3)cn2)O1. The van der Waals surface area contributed by atoms with E-state index in [1.165, 1.54) is 5.56 Å². The van der Waals surface area contributed by atoms with Crippen LogP contribution in [0.25, 0.3) is 11.1 Å². The molecule has 2 heterocycles. The summed E-state index contributed by atoms with van der Waals surface area (Å²) in [5.41, 5.74) is 2.32. The van der Waals surface area contributed by atoms with E-state index in [4.69, 9.17) is 4.74 Å². The minimum atomic E-state index is 0.198. The molecule has 4 heteroatoms. The second kappa shape index (κ2) is 6.70. The minimum absolute atomic E-state index is 0.198. The van der Waals surface area contributed by atoms with Gasteiger partial charge >= 0.3 is 0 Å². The lowest BCUT2D eigenvalue weighted by atomic mass is 10.1. The Morgan fingerprint density at radius 2 is 2.00 bits per heavy atom. The van der Waals surface area contributed by atoms with Gasteiger partial charge in [0.2, 0.25) is 0 Å². The van der Waals surface area contributed by atoms with Gasteiger partial charge in [-0.25, -0.2) is 4.98 Å². The van der Waals surface area contributed by atoms with Crippen LogP contribution in [0.4, 0.5) is 5.82 Å². The summed E-state index contributed by atoms with van der Waals surface area (Å²) < 4.78 is 5.85. The molecule has 1 aromatic carbocycles. The lowest BCUT2D eigenvalue weighted by Crippen LogP contribution is -2.46. The molecule has 4 nitrogen and oxygen atoms in total. The molecule has 1 aliphatic rings. The molecule has 0 saturated carbocycles. The first-order valence-corrected chi connectivity index (χ1v) is 7.43. The molecule has 1 aromatic heterocycles. The van der Waals surface area contributed by atoms with Crippen LogP contribution < -0.4 is 10.6 Å². The zero-order chi connectivity index (χ0) is 14.5. The van der Waals surface area contributed by atoms with Crippen LogP contribution in [0.15, 0.2) is 48.7 Å². The summed E-state index contributed by atoms with van der Waals surface area (Å²) in [6.45, 7) is 4.68. The molecule has 0 bridgehead atoms. The quantitative estimate of drug-likeness (QED) is 0.905. The number of nitrogens with zero attached hydrogens (tertiary/aromatic N) is 1. The molecular weight excluding hydrogens is 262 g/mol. The summed E-state index contributed by atoms with van der Waals surface area (Å²) in [6.07, 6.45) is 2.38. The summed E-state index contributed by atoms with van der Waals surface area (Å²) in [6, 6.07) is 14.4. The van der Waals surface area contributed by atoms with Gasteiger partial charge in [-0.15, -0.1) is 0 Å². The normalized spacial score (nSPS) is 22.0. The number of morpholine rings is 1. The average molecular weight is 283 g/mol. The van der Waals surface area contributed by atoms with Crippen molar-refractivity contribution in [3.63, 3.8) is 0 Å². The summed E-state index contributed by atoms with van der Waals surface area (Å²) in [4.78, 5) is 4.47. The van der Waals surface area contributed by atoms with Crippen LogP contribution in [0.2, 0.25) is 0 Å². The first-order valence-electron chi connectivity index (χ1n) is 7.43. The summed E-state index contributed by atoms with van der Waals surface area (Å²) in [7, 11) is 0. The molecule has 0 unspecified atom stereocenters. The van der Waals surface area contributed by atoms with Crippen molar-refractivity contribution in [2.75, 3.05) is 25.0 Å². The number of benzene rings is 1. The first kappa shape index (κ1) is 14.0. The number of anilines is 1. The van der Waals surface area contributed by atoms with E-state index >= 15 is 0 Å². The molecule has 2 N–H and O–H groups in total. The standard InChI is InChI=1S/C17H21N3O/c1-13-9-18-11-16(21-13)12-20-17-8-7-15(10-19-17)14-5-3-2-4-6-14/h2-8,10,13,16,18H,9,11-12H2,1H3,(H,19,20)/t13-,16+/m1/s1. The molecule has 2 aromatic rings. The van der Waals surface area contributed by atoms with Crippen molar-refractivity contribution in [2.24, 2.45) is 0 Å². The lowest BCUT2D eigenvalue weighted by Gasteiger charge is -2.28. The molecular formula is C17H21N3O. The van der Waals surface area contributed by atoms with Crippen LogP contribution in [0.5, 0.6) is 0 Å². The van der Waals surface area contributed by atoms with E-state index in [1.54, 1.807) is 0 Å².